The first-order chi connectivity index (χ1) is 11.2. The maximum absolute atomic E-state index is 5.71. The zero-order valence-electron chi connectivity index (χ0n) is 15.7. The van der Waals surface area contributed by atoms with E-state index in [0.29, 0.717) is 12.2 Å². The van der Waals surface area contributed by atoms with Crippen LogP contribution in [0.3, 0.4) is 0 Å². The minimum atomic E-state index is 0.396. The van der Waals surface area contributed by atoms with E-state index in [-0.39, 0.29) is 0 Å². The number of imidazole rings is 1. The molecule has 0 radical (unpaired) electrons. The molecule has 0 N–H and O–H groups in total. The number of nitrogens with zero attached hydrogens (tertiary/aromatic N) is 2. The van der Waals surface area contributed by atoms with Crippen molar-refractivity contribution >= 4 is 0 Å². The summed E-state index contributed by atoms with van der Waals surface area (Å²) in [5, 5.41) is 0. The standard InChI is InChI=1S/C19H37N2O2/c1-5-18(3)22-15-9-7-11-20-13-14-21(17-20)12-8-10-16-23-19(4)6-2/h13-14,17-19H,5-12,15-16H2,1-4H3/q+1. The molecule has 1 aromatic heterocycles. The van der Waals surface area contributed by atoms with Gasteiger partial charge in [-0.1, -0.05) is 13.8 Å². The molecule has 0 aromatic carbocycles. The van der Waals surface area contributed by atoms with Crippen LogP contribution in [-0.4, -0.2) is 30.0 Å². The Labute approximate surface area is 142 Å². The highest BCUT2D eigenvalue weighted by atomic mass is 16.5. The molecular formula is C19H37N2O2+. The van der Waals surface area contributed by atoms with Crippen LogP contribution < -0.4 is 4.57 Å². The lowest BCUT2D eigenvalue weighted by atomic mass is 10.3. The van der Waals surface area contributed by atoms with Crippen LogP contribution in [0.4, 0.5) is 0 Å². The van der Waals surface area contributed by atoms with E-state index >= 15 is 0 Å². The number of ether oxygens (including phenoxy) is 2. The third-order valence-electron chi connectivity index (χ3n) is 4.32. The molecule has 1 rings (SSSR count). The maximum Gasteiger partial charge on any atom is 0.243 e. The normalized spacial score (nSPS) is 14.1. The van der Waals surface area contributed by atoms with E-state index in [9.17, 15) is 0 Å². The first-order valence-corrected chi connectivity index (χ1v) is 9.43. The zero-order chi connectivity index (χ0) is 16.9. The van der Waals surface area contributed by atoms with Gasteiger partial charge in [0.05, 0.1) is 25.3 Å². The summed E-state index contributed by atoms with van der Waals surface area (Å²) in [6, 6.07) is 0. The van der Waals surface area contributed by atoms with Crippen molar-refractivity contribution in [1.82, 2.24) is 4.57 Å². The smallest absolute Gasteiger partial charge is 0.243 e. The van der Waals surface area contributed by atoms with E-state index in [4.69, 9.17) is 9.47 Å². The minimum Gasteiger partial charge on any atom is -0.379 e. The van der Waals surface area contributed by atoms with E-state index in [0.717, 1.165) is 52.0 Å². The first-order valence-electron chi connectivity index (χ1n) is 9.43. The third-order valence-corrected chi connectivity index (χ3v) is 4.32. The summed E-state index contributed by atoms with van der Waals surface area (Å²) < 4.78 is 16.0. The Balaban J connectivity index is 2.05. The molecule has 0 amide bonds. The van der Waals surface area contributed by atoms with Crippen LogP contribution in [0.25, 0.3) is 0 Å². The second-order valence-electron chi connectivity index (χ2n) is 6.48. The number of rotatable bonds is 14. The van der Waals surface area contributed by atoms with Gasteiger partial charge in [-0.15, -0.1) is 0 Å². The van der Waals surface area contributed by atoms with Gasteiger partial charge in [0, 0.05) is 13.2 Å². The molecule has 0 aliphatic carbocycles. The fourth-order valence-electron chi connectivity index (χ4n) is 2.30. The lowest BCUT2D eigenvalue weighted by Crippen LogP contribution is -2.31. The summed E-state index contributed by atoms with van der Waals surface area (Å²) in [5.74, 6) is 0. The molecule has 23 heavy (non-hydrogen) atoms. The molecule has 0 bridgehead atoms. The molecule has 0 fully saturated rings. The summed E-state index contributed by atoms with van der Waals surface area (Å²) in [6.45, 7) is 12.5. The van der Waals surface area contributed by atoms with Crippen molar-refractivity contribution in [3.8, 4) is 0 Å². The molecule has 2 unspecified atom stereocenters. The summed E-state index contributed by atoms with van der Waals surface area (Å²) in [7, 11) is 0. The maximum atomic E-state index is 5.71. The summed E-state index contributed by atoms with van der Waals surface area (Å²) >= 11 is 0. The van der Waals surface area contributed by atoms with Gasteiger partial charge in [0.1, 0.15) is 12.4 Å². The fraction of sp³-hybridized carbons (Fsp3) is 0.842. The average Bonchev–Trinajstić information content (AvgIpc) is 3.01. The van der Waals surface area contributed by atoms with Crippen LogP contribution in [-0.2, 0) is 22.6 Å². The average molecular weight is 326 g/mol. The SMILES string of the molecule is CCC(C)OCCCCn1cc[n+](CCCCOC(C)CC)c1. The van der Waals surface area contributed by atoms with Crippen LogP contribution in [0.1, 0.15) is 66.2 Å². The van der Waals surface area contributed by atoms with E-state index in [1.807, 2.05) is 0 Å². The molecule has 0 saturated heterocycles. The van der Waals surface area contributed by atoms with Crippen molar-refractivity contribution in [2.24, 2.45) is 0 Å². The Kier molecular flexibility index (Phi) is 11.0. The van der Waals surface area contributed by atoms with Crippen molar-refractivity contribution in [3.05, 3.63) is 18.7 Å². The van der Waals surface area contributed by atoms with Gasteiger partial charge in [0.2, 0.25) is 6.33 Å². The quantitative estimate of drug-likeness (QED) is 0.382. The lowest BCUT2D eigenvalue weighted by molar-refractivity contribution is -0.697. The lowest BCUT2D eigenvalue weighted by Gasteiger charge is -2.09. The van der Waals surface area contributed by atoms with Gasteiger partial charge in [-0.05, 0) is 52.4 Å². The molecule has 2 atom stereocenters. The third kappa shape index (κ3) is 9.77. The topological polar surface area (TPSA) is 27.3 Å². The fourth-order valence-corrected chi connectivity index (χ4v) is 2.30. The van der Waals surface area contributed by atoms with Gasteiger partial charge in [-0.2, -0.15) is 0 Å². The van der Waals surface area contributed by atoms with Gasteiger partial charge in [-0.25, -0.2) is 9.13 Å². The molecule has 4 heteroatoms. The van der Waals surface area contributed by atoms with Crippen molar-refractivity contribution in [1.29, 1.82) is 0 Å². The van der Waals surface area contributed by atoms with E-state index in [2.05, 4.69) is 55.6 Å². The second-order valence-corrected chi connectivity index (χ2v) is 6.48. The van der Waals surface area contributed by atoms with E-state index in [1.165, 1.54) is 12.8 Å². The van der Waals surface area contributed by atoms with Crippen molar-refractivity contribution < 1.29 is 14.0 Å². The Morgan fingerprint density at radius 2 is 1.52 bits per heavy atom. The van der Waals surface area contributed by atoms with Crippen LogP contribution in [0.15, 0.2) is 18.7 Å². The molecule has 0 aliphatic heterocycles. The molecule has 1 aromatic rings. The van der Waals surface area contributed by atoms with Gasteiger partial charge in [0.25, 0.3) is 0 Å². The second kappa shape index (κ2) is 12.5. The molecule has 4 nitrogen and oxygen atoms in total. The van der Waals surface area contributed by atoms with Crippen molar-refractivity contribution in [3.63, 3.8) is 0 Å². The molecule has 0 saturated carbocycles. The monoisotopic (exact) mass is 325 g/mol. The van der Waals surface area contributed by atoms with E-state index < -0.39 is 0 Å². The molecule has 134 valence electrons. The Hall–Kier alpha value is -0.870. The first kappa shape index (κ1) is 20.2. The van der Waals surface area contributed by atoms with Gasteiger partial charge in [0.15, 0.2) is 0 Å². The highest BCUT2D eigenvalue weighted by Crippen LogP contribution is 2.01. The molecular weight excluding hydrogens is 288 g/mol. The predicted octanol–water partition coefficient (Wildman–Crippen LogP) is 3.97. The minimum absolute atomic E-state index is 0.396. The van der Waals surface area contributed by atoms with Crippen LogP contribution >= 0.6 is 0 Å². The van der Waals surface area contributed by atoms with E-state index in [1.54, 1.807) is 0 Å². The Bertz CT molecular complexity index is 358. The van der Waals surface area contributed by atoms with Gasteiger partial charge < -0.3 is 9.47 Å². The number of unbranched alkanes of at least 4 members (excludes halogenated alkanes) is 2. The molecule has 1 heterocycles. The summed E-state index contributed by atoms with van der Waals surface area (Å²) in [6.07, 6.45) is 14.2. The largest absolute Gasteiger partial charge is 0.379 e. The van der Waals surface area contributed by atoms with Crippen LogP contribution in [0, 0.1) is 0 Å². The summed E-state index contributed by atoms with van der Waals surface area (Å²) in [5.41, 5.74) is 0. The van der Waals surface area contributed by atoms with Crippen molar-refractivity contribution in [2.75, 3.05) is 13.2 Å². The molecule has 0 aliphatic rings. The van der Waals surface area contributed by atoms with Gasteiger partial charge >= 0.3 is 0 Å². The van der Waals surface area contributed by atoms with Crippen LogP contribution in [0.2, 0.25) is 0 Å². The van der Waals surface area contributed by atoms with Crippen molar-refractivity contribution in [2.45, 2.75) is 91.5 Å². The number of aromatic nitrogens is 2. The zero-order valence-corrected chi connectivity index (χ0v) is 15.7. The number of hydrogen-bond donors (Lipinski definition) is 0. The Morgan fingerprint density at radius 1 is 0.913 bits per heavy atom. The molecule has 0 spiro atoms. The Morgan fingerprint density at radius 3 is 2.13 bits per heavy atom. The highest BCUT2D eigenvalue weighted by molar-refractivity contribution is 4.66. The highest BCUT2D eigenvalue weighted by Gasteiger charge is 2.04. The number of aryl methyl sites for hydroxylation is 2. The van der Waals surface area contributed by atoms with Crippen LogP contribution in [0.5, 0.6) is 0 Å². The predicted molar refractivity (Wildman–Crippen MR) is 94.5 cm³/mol. The van der Waals surface area contributed by atoms with Gasteiger partial charge in [-0.3, -0.25) is 0 Å². The summed E-state index contributed by atoms with van der Waals surface area (Å²) in [4.78, 5) is 0. The number of hydrogen-bond acceptors (Lipinski definition) is 2.